The summed E-state index contributed by atoms with van der Waals surface area (Å²) in [5.41, 5.74) is 14.0. The van der Waals surface area contributed by atoms with Crippen molar-refractivity contribution in [3.8, 4) is 45.0 Å². The molecule has 9 aromatic rings. The van der Waals surface area contributed by atoms with Crippen LogP contribution in [0.15, 0.2) is 146 Å². The zero-order valence-electron chi connectivity index (χ0n) is 26.6. The van der Waals surface area contributed by atoms with E-state index >= 15 is 0 Å². The second-order valence-corrected chi connectivity index (χ2v) is 12.5. The molecule has 226 valence electrons. The minimum Gasteiger partial charge on any atom is -0.245 e. The fourth-order valence-corrected chi connectivity index (χ4v) is 6.59. The lowest BCUT2D eigenvalue weighted by molar-refractivity contribution is 1.34. The van der Waals surface area contributed by atoms with Crippen molar-refractivity contribution in [1.82, 2.24) is 19.9 Å². The van der Waals surface area contributed by atoms with Crippen LogP contribution in [-0.2, 0) is 0 Å². The highest BCUT2D eigenvalue weighted by Gasteiger charge is 2.13. The van der Waals surface area contributed by atoms with E-state index in [-0.39, 0.29) is 0 Å². The van der Waals surface area contributed by atoms with Gasteiger partial charge in [0.25, 0.3) is 0 Å². The number of aromatic nitrogens is 4. The van der Waals surface area contributed by atoms with Crippen LogP contribution in [-0.4, -0.2) is 19.9 Å². The third-order valence-corrected chi connectivity index (χ3v) is 9.13. The van der Waals surface area contributed by atoms with Gasteiger partial charge in [0.2, 0.25) is 0 Å². The van der Waals surface area contributed by atoms with Gasteiger partial charge < -0.3 is 0 Å². The minimum atomic E-state index is 0.900. The van der Waals surface area contributed by atoms with E-state index in [4.69, 9.17) is 19.9 Å². The number of hydrogen-bond donors (Lipinski definition) is 0. The van der Waals surface area contributed by atoms with Crippen LogP contribution in [0.1, 0.15) is 11.1 Å². The van der Waals surface area contributed by atoms with Gasteiger partial charge in [0.05, 0.1) is 44.8 Å². The average Bonchev–Trinajstić information content (AvgIpc) is 3.14. The fraction of sp³-hybridized carbons (Fsp3) is 0.0455. The number of pyridine rings is 4. The third kappa shape index (κ3) is 4.95. The van der Waals surface area contributed by atoms with E-state index in [1.807, 2.05) is 18.2 Å². The zero-order chi connectivity index (χ0) is 32.2. The molecular formula is C44H30N4. The summed E-state index contributed by atoms with van der Waals surface area (Å²) in [5.74, 6) is 0. The summed E-state index contributed by atoms with van der Waals surface area (Å²) in [7, 11) is 0. The van der Waals surface area contributed by atoms with Crippen molar-refractivity contribution in [3.63, 3.8) is 0 Å². The lowest BCUT2D eigenvalue weighted by atomic mass is 10.00. The first-order valence-corrected chi connectivity index (χ1v) is 16.2. The van der Waals surface area contributed by atoms with E-state index in [1.54, 1.807) is 0 Å². The van der Waals surface area contributed by atoms with Gasteiger partial charge in [0.15, 0.2) is 0 Å². The van der Waals surface area contributed by atoms with E-state index in [1.165, 1.54) is 5.56 Å². The Kier molecular flexibility index (Phi) is 6.54. The van der Waals surface area contributed by atoms with Crippen molar-refractivity contribution in [2.45, 2.75) is 13.8 Å². The Hall–Kier alpha value is -6.26. The standard InChI is InChI=1S/C44H30N4/c1-27-8-10-30(11-9-27)38-21-17-32-13-15-34-19-23-40(48-44(34)42(32)46-38)36-25-28(2)24-35(26-36)39-22-18-33-14-12-31-16-20-37(29-6-4-3-5-7-29)45-41(31)43(33)47-39/h3-26H,1-2H3. The second kappa shape index (κ2) is 11.2. The summed E-state index contributed by atoms with van der Waals surface area (Å²) in [6.45, 7) is 4.23. The maximum Gasteiger partial charge on any atom is 0.0972 e. The summed E-state index contributed by atoms with van der Waals surface area (Å²) in [6, 6.07) is 50.8. The van der Waals surface area contributed by atoms with E-state index in [0.717, 1.165) is 94.2 Å². The maximum absolute atomic E-state index is 5.23. The second-order valence-electron chi connectivity index (χ2n) is 12.5. The predicted molar refractivity (Wildman–Crippen MR) is 199 cm³/mol. The van der Waals surface area contributed by atoms with E-state index < -0.39 is 0 Å². The molecule has 0 bridgehead atoms. The van der Waals surface area contributed by atoms with Gasteiger partial charge in [-0.1, -0.05) is 109 Å². The van der Waals surface area contributed by atoms with Crippen molar-refractivity contribution in [2.24, 2.45) is 0 Å². The molecule has 0 aliphatic rings. The van der Waals surface area contributed by atoms with E-state index in [0.29, 0.717) is 0 Å². The summed E-state index contributed by atoms with van der Waals surface area (Å²) >= 11 is 0. The van der Waals surface area contributed by atoms with Crippen molar-refractivity contribution < 1.29 is 0 Å². The van der Waals surface area contributed by atoms with Gasteiger partial charge in [-0.2, -0.15) is 0 Å². The van der Waals surface area contributed by atoms with Gasteiger partial charge in [-0.05, 0) is 61.9 Å². The van der Waals surface area contributed by atoms with Gasteiger partial charge in [-0.3, -0.25) is 0 Å². The molecule has 0 saturated heterocycles. The molecule has 0 unspecified atom stereocenters. The van der Waals surface area contributed by atoms with Crippen molar-refractivity contribution in [2.75, 3.05) is 0 Å². The number of benzene rings is 5. The van der Waals surface area contributed by atoms with Crippen molar-refractivity contribution in [3.05, 3.63) is 157 Å². The Balaban J connectivity index is 1.16. The maximum atomic E-state index is 5.23. The van der Waals surface area contributed by atoms with Crippen LogP contribution in [0, 0.1) is 13.8 Å². The van der Waals surface area contributed by atoms with Gasteiger partial charge in [-0.15, -0.1) is 0 Å². The monoisotopic (exact) mass is 614 g/mol. The molecule has 4 aromatic heterocycles. The Bertz CT molecular complexity index is 2680. The van der Waals surface area contributed by atoms with Crippen LogP contribution < -0.4 is 0 Å². The van der Waals surface area contributed by atoms with Crippen molar-refractivity contribution in [1.29, 1.82) is 0 Å². The Morgan fingerprint density at radius 2 is 0.646 bits per heavy atom. The smallest absolute Gasteiger partial charge is 0.0972 e. The number of aryl methyl sites for hydroxylation is 2. The fourth-order valence-electron chi connectivity index (χ4n) is 6.59. The Morgan fingerprint density at radius 1 is 0.292 bits per heavy atom. The first-order chi connectivity index (χ1) is 23.6. The molecule has 0 spiro atoms. The predicted octanol–water partition coefficient (Wildman–Crippen LogP) is 11.2. The molecule has 9 rings (SSSR count). The minimum absolute atomic E-state index is 0.900. The molecule has 0 aliphatic carbocycles. The SMILES string of the molecule is Cc1ccc(-c2ccc3ccc4ccc(-c5cc(C)cc(-c6ccc7ccc8ccc(-c9ccccc9)nc8c7n6)c5)nc4c3n2)cc1. The molecule has 0 fully saturated rings. The molecule has 0 N–H and O–H groups in total. The molecular weight excluding hydrogens is 585 g/mol. The molecule has 5 aromatic carbocycles. The van der Waals surface area contributed by atoms with Crippen LogP contribution in [0.2, 0.25) is 0 Å². The molecule has 0 atom stereocenters. The lowest BCUT2D eigenvalue weighted by Gasteiger charge is -2.11. The van der Waals surface area contributed by atoms with Crippen molar-refractivity contribution >= 4 is 43.6 Å². The molecule has 4 nitrogen and oxygen atoms in total. The molecule has 4 heterocycles. The molecule has 0 aliphatic heterocycles. The number of hydrogen-bond acceptors (Lipinski definition) is 4. The van der Waals surface area contributed by atoms with Gasteiger partial charge in [0, 0.05) is 43.8 Å². The first kappa shape index (κ1) is 28.0. The number of rotatable bonds is 4. The van der Waals surface area contributed by atoms with E-state index in [9.17, 15) is 0 Å². The Morgan fingerprint density at radius 3 is 1.06 bits per heavy atom. The highest BCUT2D eigenvalue weighted by atomic mass is 14.8. The lowest BCUT2D eigenvalue weighted by Crippen LogP contribution is -1.93. The normalized spacial score (nSPS) is 11.5. The molecule has 4 heteroatoms. The van der Waals surface area contributed by atoms with Crippen LogP contribution in [0.3, 0.4) is 0 Å². The van der Waals surface area contributed by atoms with Gasteiger partial charge in [0.1, 0.15) is 0 Å². The Labute approximate surface area is 278 Å². The third-order valence-electron chi connectivity index (χ3n) is 9.13. The largest absolute Gasteiger partial charge is 0.245 e. The van der Waals surface area contributed by atoms with E-state index in [2.05, 4.69) is 141 Å². The molecule has 0 amide bonds. The van der Waals surface area contributed by atoms with Crippen LogP contribution in [0.25, 0.3) is 88.6 Å². The van der Waals surface area contributed by atoms with Gasteiger partial charge >= 0.3 is 0 Å². The van der Waals surface area contributed by atoms with Crippen LogP contribution >= 0.6 is 0 Å². The number of fused-ring (bicyclic) bond motifs is 6. The topological polar surface area (TPSA) is 51.6 Å². The van der Waals surface area contributed by atoms with Gasteiger partial charge in [-0.25, -0.2) is 19.9 Å². The highest BCUT2D eigenvalue weighted by Crippen LogP contribution is 2.33. The van der Waals surface area contributed by atoms with Crippen LogP contribution in [0.5, 0.6) is 0 Å². The molecule has 48 heavy (non-hydrogen) atoms. The summed E-state index contributed by atoms with van der Waals surface area (Å²) in [5, 5.41) is 4.28. The summed E-state index contributed by atoms with van der Waals surface area (Å²) < 4.78 is 0. The first-order valence-electron chi connectivity index (χ1n) is 16.2. The zero-order valence-corrected chi connectivity index (χ0v) is 26.6. The summed E-state index contributed by atoms with van der Waals surface area (Å²) in [6.07, 6.45) is 0. The summed E-state index contributed by atoms with van der Waals surface area (Å²) in [4.78, 5) is 20.7. The molecule has 0 saturated carbocycles. The van der Waals surface area contributed by atoms with Crippen LogP contribution in [0.4, 0.5) is 0 Å². The average molecular weight is 615 g/mol. The number of nitrogens with zero attached hydrogens (tertiary/aromatic N) is 4. The highest BCUT2D eigenvalue weighted by molar-refractivity contribution is 6.05. The quantitative estimate of drug-likeness (QED) is 0.185. The molecule has 0 radical (unpaired) electrons.